The van der Waals surface area contributed by atoms with Crippen LogP contribution in [0.5, 0.6) is 0 Å². The monoisotopic (exact) mass is 280 g/mol. The van der Waals surface area contributed by atoms with E-state index in [1.807, 2.05) is 19.9 Å². The lowest BCUT2D eigenvalue weighted by Crippen LogP contribution is -2.43. The van der Waals surface area contributed by atoms with Crippen molar-refractivity contribution >= 4 is 17.5 Å². The van der Waals surface area contributed by atoms with Gasteiger partial charge in [0.25, 0.3) is 5.91 Å². The van der Waals surface area contributed by atoms with E-state index in [1.54, 1.807) is 6.07 Å². The van der Waals surface area contributed by atoms with E-state index in [0.717, 1.165) is 18.5 Å². The summed E-state index contributed by atoms with van der Waals surface area (Å²) >= 11 is 6.00. The van der Waals surface area contributed by atoms with Crippen molar-refractivity contribution in [1.29, 1.82) is 0 Å². The van der Waals surface area contributed by atoms with Crippen molar-refractivity contribution < 1.29 is 4.79 Å². The second kappa shape index (κ2) is 5.49. The summed E-state index contributed by atoms with van der Waals surface area (Å²) in [4.78, 5) is 16.6. The molecular weight excluding hydrogens is 260 g/mol. The SMILES string of the molecule is CC(C)c1cc(C(=O)NC2(C)CCCC2)cc(Cl)n1. The third-order valence-corrected chi connectivity index (χ3v) is 3.98. The van der Waals surface area contributed by atoms with Crippen LogP contribution < -0.4 is 5.32 Å². The lowest BCUT2D eigenvalue weighted by atomic mass is 9.99. The van der Waals surface area contributed by atoms with Crippen molar-refractivity contribution in [3.8, 4) is 0 Å². The van der Waals surface area contributed by atoms with Crippen LogP contribution >= 0.6 is 11.6 Å². The van der Waals surface area contributed by atoms with Gasteiger partial charge in [-0.15, -0.1) is 0 Å². The predicted molar refractivity (Wildman–Crippen MR) is 77.7 cm³/mol. The van der Waals surface area contributed by atoms with Crippen LogP contribution in [0.4, 0.5) is 0 Å². The molecular formula is C15H21ClN2O. The zero-order valence-corrected chi connectivity index (χ0v) is 12.5. The fourth-order valence-corrected chi connectivity index (χ4v) is 2.79. The smallest absolute Gasteiger partial charge is 0.251 e. The second-order valence-corrected chi connectivity index (χ2v) is 6.37. The Kier molecular flexibility index (Phi) is 4.14. The standard InChI is InChI=1S/C15H21ClN2O/c1-10(2)12-8-11(9-13(16)17-12)14(19)18-15(3)6-4-5-7-15/h8-10H,4-7H2,1-3H3,(H,18,19). The van der Waals surface area contributed by atoms with E-state index >= 15 is 0 Å². The Hall–Kier alpha value is -1.09. The Labute approximate surface area is 119 Å². The van der Waals surface area contributed by atoms with E-state index in [9.17, 15) is 4.79 Å². The molecule has 2 rings (SSSR count). The number of aromatic nitrogens is 1. The average Bonchev–Trinajstić information content (AvgIpc) is 2.74. The largest absolute Gasteiger partial charge is 0.347 e. The van der Waals surface area contributed by atoms with E-state index in [1.165, 1.54) is 12.8 Å². The lowest BCUT2D eigenvalue weighted by Gasteiger charge is -2.25. The number of amides is 1. The van der Waals surface area contributed by atoms with Gasteiger partial charge in [-0.25, -0.2) is 4.98 Å². The van der Waals surface area contributed by atoms with Gasteiger partial charge < -0.3 is 5.32 Å². The first-order valence-electron chi connectivity index (χ1n) is 6.90. The molecule has 1 aromatic rings. The van der Waals surface area contributed by atoms with Crippen LogP contribution in [0.25, 0.3) is 0 Å². The fourth-order valence-electron chi connectivity index (χ4n) is 2.57. The van der Waals surface area contributed by atoms with Gasteiger partial charge >= 0.3 is 0 Å². The van der Waals surface area contributed by atoms with Gasteiger partial charge in [0, 0.05) is 16.8 Å². The molecule has 1 N–H and O–H groups in total. The van der Waals surface area contributed by atoms with Crippen molar-refractivity contribution in [2.24, 2.45) is 0 Å². The van der Waals surface area contributed by atoms with Crippen molar-refractivity contribution in [3.05, 3.63) is 28.5 Å². The van der Waals surface area contributed by atoms with Gasteiger partial charge in [-0.1, -0.05) is 38.3 Å². The zero-order valence-electron chi connectivity index (χ0n) is 11.8. The second-order valence-electron chi connectivity index (χ2n) is 5.98. The molecule has 1 aliphatic rings. The summed E-state index contributed by atoms with van der Waals surface area (Å²) in [5.41, 5.74) is 1.40. The number of nitrogens with zero attached hydrogens (tertiary/aromatic N) is 1. The summed E-state index contributed by atoms with van der Waals surface area (Å²) in [7, 11) is 0. The van der Waals surface area contributed by atoms with Gasteiger partial charge in [-0.2, -0.15) is 0 Å². The molecule has 104 valence electrons. The van der Waals surface area contributed by atoms with Crippen LogP contribution in [-0.4, -0.2) is 16.4 Å². The molecule has 1 saturated carbocycles. The topological polar surface area (TPSA) is 42.0 Å². The highest BCUT2D eigenvalue weighted by Crippen LogP contribution is 2.29. The zero-order chi connectivity index (χ0) is 14.0. The van der Waals surface area contributed by atoms with Gasteiger partial charge in [-0.3, -0.25) is 4.79 Å². The minimum absolute atomic E-state index is 0.0457. The highest BCUT2D eigenvalue weighted by Gasteiger charge is 2.30. The molecule has 1 fully saturated rings. The van der Waals surface area contributed by atoms with E-state index in [0.29, 0.717) is 10.7 Å². The summed E-state index contributed by atoms with van der Waals surface area (Å²) in [5, 5.41) is 3.52. The molecule has 0 radical (unpaired) electrons. The molecule has 1 aromatic heterocycles. The first-order valence-corrected chi connectivity index (χ1v) is 7.27. The number of carbonyl (C=O) groups is 1. The number of pyridine rings is 1. The Morgan fingerprint density at radius 2 is 2.00 bits per heavy atom. The van der Waals surface area contributed by atoms with Crippen LogP contribution in [0.1, 0.15) is 68.4 Å². The minimum atomic E-state index is -0.0647. The lowest BCUT2D eigenvalue weighted by molar-refractivity contribution is 0.0908. The maximum absolute atomic E-state index is 12.3. The van der Waals surface area contributed by atoms with Crippen LogP contribution in [0.3, 0.4) is 0 Å². The van der Waals surface area contributed by atoms with E-state index < -0.39 is 0 Å². The molecule has 0 atom stereocenters. The number of hydrogen-bond acceptors (Lipinski definition) is 2. The van der Waals surface area contributed by atoms with Gasteiger partial charge in [0.05, 0.1) is 0 Å². The third kappa shape index (κ3) is 3.47. The van der Waals surface area contributed by atoms with Crippen molar-refractivity contribution in [2.45, 2.75) is 57.9 Å². The van der Waals surface area contributed by atoms with Gasteiger partial charge in [0.15, 0.2) is 0 Å². The maximum atomic E-state index is 12.3. The Bertz CT molecular complexity index is 479. The molecule has 1 heterocycles. The molecule has 0 unspecified atom stereocenters. The third-order valence-electron chi connectivity index (χ3n) is 3.79. The molecule has 19 heavy (non-hydrogen) atoms. The Morgan fingerprint density at radius 1 is 1.37 bits per heavy atom. The molecule has 0 aromatic carbocycles. The number of rotatable bonds is 3. The van der Waals surface area contributed by atoms with E-state index in [-0.39, 0.29) is 17.4 Å². The Morgan fingerprint density at radius 3 is 2.58 bits per heavy atom. The van der Waals surface area contributed by atoms with Gasteiger partial charge in [0.1, 0.15) is 5.15 Å². The number of carbonyl (C=O) groups excluding carboxylic acids is 1. The first kappa shape index (κ1) is 14.3. The highest BCUT2D eigenvalue weighted by atomic mass is 35.5. The minimum Gasteiger partial charge on any atom is -0.347 e. The molecule has 0 spiro atoms. The predicted octanol–water partition coefficient (Wildman–Crippen LogP) is 3.92. The number of nitrogens with one attached hydrogen (secondary N) is 1. The first-order chi connectivity index (χ1) is 8.89. The summed E-state index contributed by atoms with van der Waals surface area (Å²) in [6.45, 7) is 6.20. The molecule has 1 aliphatic carbocycles. The number of halogens is 1. The normalized spacial score (nSPS) is 17.7. The summed E-state index contributed by atoms with van der Waals surface area (Å²) in [6, 6.07) is 3.48. The van der Waals surface area contributed by atoms with Crippen molar-refractivity contribution in [2.75, 3.05) is 0 Å². The number of hydrogen-bond donors (Lipinski definition) is 1. The fraction of sp³-hybridized carbons (Fsp3) is 0.600. The van der Waals surface area contributed by atoms with Gasteiger partial charge in [-0.05, 0) is 37.8 Å². The van der Waals surface area contributed by atoms with Crippen molar-refractivity contribution in [1.82, 2.24) is 10.3 Å². The molecule has 1 amide bonds. The molecule has 3 nitrogen and oxygen atoms in total. The highest BCUT2D eigenvalue weighted by molar-refractivity contribution is 6.29. The summed E-state index contributed by atoms with van der Waals surface area (Å²) in [6.07, 6.45) is 4.47. The average molecular weight is 281 g/mol. The molecule has 0 aliphatic heterocycles. The molecule has 0 bridgehead atoms. The van der Waals surface area contributed by atoms with Crippen LogP contribution in [0.15, 0.2) is 12.1 Å². The summed E-state index contributed by atoms with van der Waals surface area (Å²) < 4.78 is 0. The van der Waals surface area contributed by atoms with Crippen molar-refractivity contribution in [3.63, 3.8) is 0 Å². The quantitative estimate of drug-likeness (QED) is 0.853. The Balaban J connectivity index is 2.19. The van der Waals surface area contributed by atoms with E-state index in [2.05, 4.69) is 17.2 Å². The molecule has 0 saturated heterocycles. The molecule has 4 heteroatoms. The van der Waals surface area contributed by atoms with Gasteiger partial charge in [0.2, 0.25) is 0 Å². The summed E-state index contributed by atoms with van der Waals surface area (Å²) in [5.74, 6) is 0.211. The van der Waals surface area contributed by atoms with Crippen LogP contribution in [-0.2, 0) is 0 Å². The van der Waals surface area contributed by atoms with E-state index in [4.69, 9.17) is 11.6 Å². The van der Waals surface area contributed by atoms with Crippen LogP contribution in [0.2, 0.25) is 5.15 Å². The maximum Gasteiger partial charge on any atom is 0.251 e. The van der Waals surface area contributed by atoms with Crippen LogP contribution in [0, 0.1) is 0 Å².